The molecule has 4 rings (SSSR count). The van der Waals surface area contributed by atoms with Gasteiger partial charge in [-0.15, -0.1) is 0 Å². The Morgan fingerprint density at radius 3 is 2.26 bits per heavy atom. The Morgan fingerprint density at radius 1 is 0.963 bits per heavy atom. The van der Waals surface area contributed by atoms with E-state index in [2.05, 4.69) is 45.4 Å². The summed E-state index contributed by atoms with van der Waals surface area (Å²) in [7, 11) is 1.63. The molecule has 0 saturated carbocycles. The molecular formula is C21H26N4O2. The van der Waals surface area contributed by atoms with E-state index in [0.29, 0.717) is 6.04 Å². The van der Waals surface area contributed by atoms with Crippen molar-refractivity contribution in [1.29, 1.82) is 0 Å². The molecule has 2 aromatic rings. The zero-order chi connectivity index (χ0) is 18.6. The summed E-state index contributed by atoms with van der Waals surface area (Å²) < 4.78 is 5.14. The zero-order valence-electron chi connectivity index (χ0n) is 15.7. The number of nitrogens with zero attached hydrogens (tertiary/aromatic N) is 3. The van der Waals surface area contributed by atoms with Crippen LogP contribution in [0.4, 0.5) is 16.2 Å². The maximum Gasteiger partial charge on any atom is 0.321 e. The van der Waals surface area contributed by atoms with Crippen molar-refractivity contribution < 1.29 is 9.53 Å². The number of methoxy groups -OCH3 is 1. The molecule has 0 aliphatic carbocycles. The first kappa shape index (κ1) is 17.7. The van der Waals surface area contributed by atoms with Gasteiger partial charge in [-0.2, -0.15) is 0 Å². The summed E-state index contributed by atoms with van der Waals surface area (Å²) in [6, 6.07) is 18.4. The summed E-state index contributed by atoms with van der Waals surface area (Å²) >= 11 is 0. The number of carbonyl (C=O) groups excluding carboxylic acids is 1. The van der Waals surface area contributed by atoms with Crippen LogP contribution < -0.4 is 15.0 Å². The second-order valence-corrected chi connectivity index (χ2v) is 7.08. The molecular weight excluding hydrogens is 340 g/mol. The van der Waals surface area contributed by atoms with Gasteiger partial charge < -0.3 is 19.9 Å². The molecule has 0 unspecified atom stereocenters. The van der Waals surface area contributed by atoms with E-state index in [1.165, 1.54) is 5.69 Å². The average molecular weight is 366 g/mol. The molecule has 0 bridgehead atoms. The van der Waals surface area contributed by atoms with Crippen LogP contribution >= 0.6 is 0 Å². The van der Waals surface area contributed by atoms with E-state index >= 15 is 0 Å². The van der Waals surface area contributed by atoms with Crippen LogP contribution in [-0.4, -0.2) is 68.3 Å². The summed E-state index contributed by atoms with van der Waals surface area (Å²) in [5.41, 5.74) is 2.09. The van der Waals surface area contributed by atoms with Gasteiger partial charge in [-0.3, -0.25) is 4.90 Å². The molecule has 27 heavy (non-hydrogen) atoms. The molecule has 2 heterocycles. The molecule has 2 aliphatic rings. The summed E-state index contributed by atoms with van der Waals surface area (Å²) in [4.78, 5) is 19.2. The largest absolute Gasteiger partial charge is 0.497 e. The SMILES string of the molecule is COc1ccc(NC(=O)N2CC(N3CCN(c4ccccc4)CC3)C2)cc1. The highest BCUT2D eigenvalue weighted by Crippen LogP contribution is 2.22. The van der Waals surface area contributed by atoms with Crippen molar-refractivity contribution in [2.24, 2.45) is 0 Å². The minimum atomic E-state index is -0.0284. The Labute approximate surface area is 160 Å². The van der Waals surface area contributed by atoms with E-state index in [0.717, 1.165) is 50.7 Å². The van der Waals surface area contributed by atoms with Crippen molar-refractivity contribution >= 4 is 17.4 Å². The van der Waals surface area contributed by atoms with Crippen LogP contribution in [0.3, 0.4) is 0 Å². The van der Waals surface area contributed by atoms with Crippen LogP contribution in [0.5, 0.6) is 5.75 Å². The fraction of sp³-hybridized carbons (Fsp3) is 0.381. The third-order valence-electron chi connectivity index (χ3n) is 5.44. The number of anilines is 2. The third kappa shape index (κ3) is 4.01. The Bertz CT molecular complexity index is 752. The highest BCUT2D eigenvalue weighted by atomic mass is 16.5. The topological polar surface area (TPSA) is 48.1 Å². The van der Waals surface area contributed by atoms with Crippen LogP contribution in [-0.2, 0) is 0 Å². The zero-order valence-corrected chi connectivity index (χ0v) is 15.7. The van der Waals surface area contributed by atoms with E-state index in [1.807, 2.05) is 29.2 Å². The van der Waals surface area contributed by atoms with E-state index in [9.17, 15) is 4.79 Å². The smallest absolute Gasteiger partial charge is 0.321 e. The highest BCUT2D eigenvalue weighted by molar-refractivity contribution is 5.90. The average Bonchev–Trinajstić information content (AvgIpc) is 2.69. The lowest BCUT2D eigenvalue weighted by atomic mass is 10.1. The number of hydrogen-bond acceptors (Lipinski definition) is 4. The van der Waals surface area contributed by atoms with Crippen LogP contribution in [0, 0.1) is 0 Å². The van der Waals surface area contributed by atoms with Crippen LogP contribution in [0.1, 0.15) is 0 Å². The molecule has 1 N–H and O–H groups in total. The van der Waals surface area contributed by atoms with Gasteiger partial charge in [-0.05, 0) is 36.4 Å². The third-order valence-corrected chi connectivity index (χ3v) is 5.44. The summed E-state index contributed by atoms with van der Waals surface area (Å²) in [5.74, 6) is 0.784. The molecule has 2 amide bonds. The number of hydrogen-bond donors (Lipinski definition) is 1. The van der Waals surface area contributed by atoms with Gasteiger partial charge in [0.2, 0.25) is 0 Å². The standard InChI is InChI=1S/C21H26N4O2/c1-27-20-9-7-17(8-10-20)22-21(26)25-15-19(16-25)24-13-11-23(12-14-24)18-5-3-2-4-6-18/h2-10,19H,11-16H2,1H3,(H,22,26). The number of amides is 2. The number of likely N-dealkylation sites (tertiary alicyclic amines) is 1. The molecule has 2 aliphatic heterocycles. The number of benzene rings is 2. The summed E-state index contributed by atoms with van der Waals surface area (Å²) in [5, 5.41) is 2.95. The fourth-order valence-electron chi connectivity index (χ4n) is 3.71. The van der Waals surface area contributed by atoms with Gasteiger partial charge in [0.05, 0.1) is 7.11 Å². The second-order valence-electron chi connectivity index (χ2n) is 7.08. The first-order chi connectivity index (χ1) is 13.2. The molecule has 2 fully saturated rings. The predicted molar refractivity (Wildman–Crippen MR) is 108 cm³/mol. The Hall–Kier alpha value is -2.73. The normalized spacial score (nSPS) is 18.1. The second kappa shape index (κ2) is 7.88. The lowest BCUT2D eigenvalue weighted by Gasteiger charge is -2.48. The van der Waals surface area contributed by atoms with Gasteiger partial charge in [0.1, 0.15) is 5.75 Å². The molecule has 2 saturated heterocycles. The van der Waals surface area contributed by atoms with Crippen molar-refractivity contribution in [2.75, 3.05) is 56.6 Å². The molecule has 6 heteroatoms. The molecule has 0 spiro atoms. The van der Waals surface area contributed by atoms with Crippen molar-refractivity contribution in [3.05, 3.63) is 54.6 Å². The maximum atomic E-state index is 12.4. The van der Waals surface area contributed by atoms with Gasteiger partial charge in [0.15, 0.2) is 0 Å². The molecule has 142 valence electrons. The number of nitrogens with one attached hydrogen (secondary N) is 1. The first-order valence-electron chi connectivity index (χ1n) is 9.47. The predicted octanol–water partition coefficient (Wildman–Crippen LogP) is 2.73. The van der Waals surface area contributed by atoms with E-state index in [4.69, 9.17) is 4.74 Å². The van der Waals surface area contributed by atoms with E-state index < -0.39 is 0 Å². The maximum absolute atomic E-state index is 12.4. The van der Waals surface area contributed by atoms with Crippen molar-refractivity contribution in [3.63, 3.8) is 0 Å². The van der Waals surface area contributed by atoms with E-state index in [-0.39, 0.29) is 6.03 Å². The Kier molecular flexibility index (Phi) is 5.16. The minimum Gasteiger partial charge on any atom is -0.497 e. The van der Waals surface area contributed by atoms with Crippen LogP contribution in [0.15, 0.2) is 54.6 Å². The van der Waals surface area contributed by atoms with Crippen molar-refractivity contribution in [2.45, 2.75) is 6.04 Å². The number of para-hydroxylation sites is 1. The number of ether oxygens (including phenoxy) is 1. The fourth-order valence-corrected chi connectivity index (χ4v) is 3.71. The first-order valence-corrected chi connectivity index (χ1v) is 9.47. The van der Waals surface area contributed by atoms with Gasteiger partial charge in [-0.1, -0.05) is 18.2 Å². The monoisotopic (exact) mass is 366 g/mol. The van der Waals surface area contributed by atoms with Gasteiger partial charge >= 0.3 is 6.03 Å². The molecule has 2 aromatic carbocycles. The number of urea groups is 1. The molecule has 6 nitrogen and oxygen atoms in total. The van der Waals surface area contributed by atoms with Gasteiger partial charge in [0.25, 0.3) is 0 Å². The summed E-state index contributed by atoms with van der Waals surface area (Å²) in [6.07, 6.45) is 0. The number of carbonyl (C=O) groups is 1. The quantitative estimate of drug-likeness (QED) is 0.904. The van der Waals surface area contributed by atoms with Crippen LogP contribution in [0.25, 0.3) is 0 Å². The minimum absolute atomic E-state index is 0.0284. The Morgan fingerprint density at radius 2 is 1.63 bits per heavy atom. The van der Waals surface area contributed by atoms with Gasteiger partial charge in [0, 0.05) is 56.7 Å². The molecule has 0 radical (unpaired) electrons. The van der Waals surface area contributed by atoms with Crippen molar-refractivity contribution in [1.82, 2.24) is 9.80 Å². The van der Waals surface area contributed by atoms with E-state index in [1.54, 1.807) is 7.11 Å². The molecule has 0 atom stereocenters. The van der Waals surface area contributed by atoms with Crippen molar-refractivity contribution in [3.8, 4) is 5.75 Å². The number of rotatable bonds is 4. The highest BCUT2D eigenvalue weighted by Gasteiger charge is 2.36. The Balaban J connectivity index is 1.22. The molecule has 0 aromatic heterocycles. The van der Waals surface area contributed by atoms with Gasteiger partial charge in [-0.25, -0.2) is 4.79 Å². The lowest BCUT2D eigenvalue weighted by molar-refractivity contribution is 0.0578. The summed E-state index contributed by atoms with van der Waals surface area (Å²) in [6.45, 7) is 5.78. The van der Waals surface area contributed by atoms with Crippen LogP contribution in [0.2, 0.25) is 0 Å². The lowest BCUT2D eigenvalue weighted by Crippen LogP contribution is -2.64. The number of piperazine rings is 1.